The summed E-state index contributed by atoms with van der Waals surface area (Å²) in [6.07, 6.45) is 18.4. The van der Waals surface area contributed by atoms with Crippen LogP contribution in [0, 0.1) is 0 Å². The van der Waals surface area contributed by atoms with E-state index in [4.69, 9.17) is 13.6 Å². The third-order valence-electron chi connectivity index (χ3n) is 4.98. The quantitative estimate of drug-likeness (QED) is 0.297. The standard InChI is InChI=1S/C18H35O5P/c1-2-3-4-5-6-7-8-9-10-11-12-13-14-15-16-17(19)18(20)22-24(21-17)23-18/h19-20H,2-16H2,1H3. The average molecular weight is 362 g/mol. The van der Waals surface area contributed by atoms with Gasteiger partial charge in [-0.15, -0.1) is 0 Å². The Labute approximate surface area is 148 Å². The average Bonchev–Trinajstić information content (AvgIpc) is 2.92. The predicted molar refractivity (Wildman–Crippen MR) is 95.0 cm³/mol. The van der Waals surface area contributed by atoms with Crippen molar-refractivity contribution in [2.24, 2.45) is 0 Å². The zero-order valence-electron chi connectivity index (χ0n) is 15.2. The highest BCUT2D eigenvalue weighted by Gasteiger charge is 2.73. The van der Waals surface area contributed by atoms with Gasteiger partial charge in [0, 0.05) is 6.42 Å². The van der Waals surface area contributed by atoms with Crippen LogP contribution >= 0.6 is 8.60 Å². The molecule has 24 heavy (non-hydrogen) atoms. The summed E-state index contributed by atoms with van der Waals surface area (Å²) in [4.78, 5) is 0. The Hall–Kier alpha value is 0.230. The van der Waals surface area contributed by atoms with E-state index >= 15 is 0 Å². The van der Waals surface area contributed by atoms with Gasteiger partial charge in [-0.2, -0.15) is 0 Å². The molecule has 1 unspecified atom stereocenters. The van der Waals surface area contributed by atoms with Crippen molar-refractivity contribution >= 4 is 8.60 Å². The molecule has 3 rings (SSSR count). The molecule has 5 nitrogen and oxygen atoms in total. The molecule has 3 aliphatic rings. The van der Waals surface area contributed by atoms with E-state index in [1.807, 2.05) is 0 Å². The smallest absolute Gasteiger partial charge is 0.351 e. The Balaban J connectivity index is 1.32. The number of rotatable bonds is 15. The van der Waals surface area contributed by atoms with Crippen LogP contribution in [0.4, 0.5) is 0 Å². The molecule has 6 heteroatoms. The molecular weight excluding hydrogens is 327 g/mol. The second-order valence-corrected chi connectivity index (χ2v) is 8.20. The molecule has 3 fully saturated rings. The van der Waals surface area contributed by atoms with Gasteiger partial charge < -0.3 is 10.2 Å². The van der Waals surface area contributed by atoms with Crippen molar-refractivity contribution in [1.29, 1.82) is 0 Å². The topological polar surface area (TPSA) is 68.2 Å². The predicted octanol–water partition coefficient (Wildman–Crippen LogP) is 5.50. The lowest BCUT2D eigenvalue weighted by Gasteiger charge is -2.33. The lowest BCUT2D eigenvalue weighted by Crippen LogP contribution is -2.53. The first-order chi connectivity index (χ1) is 11.6. The molecule has 0 aromatic heterocycles. The largest absolute Gasteiger partial charge is 0.359 e. The fraction of sp³-hybridized carbons (Fsp3) is 1.00. The Kier molecular flexibility index (Phi) is 8.90. The molecule has 3 heterocycles. The van der Waals surface area contributed by atoms with Gasteiger partial charge in [-0.3, -0.25) is 4.52 Å². The van der Waals surface area contributed by atoms with E-state index in [2.05, 4.69) is 6.92 Å². The van der Waals surface area contributed by atoms with E-state index in [0.29, 0.717) is 6.42 Å². The van der Waals surface area contributed by atoms with Gasteiger partial charge in [-0.25, -0.2) is 9.05 Å². The molecule has 3 aliphatic heterocycles. The monoisotopic (exact) mass is 362 g/mol. The molecule has 0 amide bonds. The van der Waals surface area contributed by atoms with E-state index in [0.717, 1.165) is 12.8 Å². The molecule has 2 bridgehead atoms. The second-order valence-electron chi connectivity index (χ2n) is 7.21. The summed E-state index contributed by atoms with van der Waals surface area (Å²) in [5, 5.41) is 19.9. The van der Waals surface area contributed by atoms with Gasteiger partial charge in [-0.1, -0.05) is 90.4 Å². The zero-order valence-corrected chi connectivity index (χ0v) is 16.1. The van der Waals surface area contributed by atoms with Crippen molar-refractivity contribution in [2.75, 3.05) is 0 Å². The fourth-order valence-corrected chi connectivity index (χ4v) is 4.56. The van der Waals surface area contributed by atoms with Crippen LogP contribution in [0.2, 0.25) is 0 Å². The third kappa shape index (κ3) is 5.89. The summed E-state index contributed by atoms with van der Waals surface area (Å²) in [6.45, 7) is 2.26. The second kappa shape index (κ2) is 10.4. The molecule has 1 atom stereocenters. The molecule has 0 radical (unpaired) electrons. The molecule has 0 aromatic carbocycles. The van der Waals surface area contributed by atoms with Gasteiger partial charge in [0.15, 0.2) is 0 Å². The first-order valence-electron chi connectivity index (χ1n) is 9.92. The van der Waals surface area contributed by atoms with Crippen LogP contribution in [0.3, 0.4) is 0 Å². The van der Waals surface area contributed by atoms with E-state index in [1.54, 1.807) is 0 Å². The van der Waals surface area contributed by atoms with E-state index < -0.39 is 20.4 Å². The number of aliphatic hydroxyl groups is 2. The molecular formula is C18H35O5P. The van der Waals surface area contributed by atoms with Gasteiger partial charge in [0.25, 0.3) is 5.79 Å². The highest BCUT2D eigenvalue weighted by atomic mass is 31.2. The van der Waals surface area contributed by atoms with Gasteiger partial charge in [0.1, 0.15) is 0 Å². The Morgan fingerprint density at radius 3 is 1.42 bits per heavy atom. The van der Waals surface area contributed by atoms with E-state index in [9.17, 15) is 10.2 Å². The Morgan fingerprint density at radius 1 is 0.625 bits per heavy atom. The summed E-state index contributed by atoms with van der Waals surface area (Å²) in [6, 6.07) is 0. The summed E-state index contributed by atoms with van der Waals surface area (Å²) in [5.41, 5.74) is 0. The fourth-order valence-electron chi connectivity index (χ4n) is 3.33. The molecule has 0 aromatic rings. The van der Waals surface area contributed by atoms with Crippen LogP contribution in [0.5, 0.6) is 0 Å². The lowest BCUT2D eigenvalue weighted by atomic mass is 10.0. The molecule has 142 valence electrons. The van der Waals surface area contributed by atoms with Crippen molar-refractivity contribution in [2.45, 2.75) is 115 Å². The minimum atomic E-state index is -1.91. The summed E-state index contributed by atoms with van der Waals surface area (Å²) < 4.78 is 15.1. The Morgan fingerprint density at radius 2 is 1.04 bits per heavy atom. The SMILES string of the molecule is CCCCCCCCCCCCCCCCC1(O)OP2OC1(O)O2. The molecule has 0 saturated carbocycles. The van der Waals surface area contributed by atoms with Crippen LogP contribution in [-0.4, -0.2) is 22.0 Å². The first-order valence-corrected chi connectivity index (χ1v) is 11.0. The number of fused-ring (bicyclic) bond motifs is 1. The van der Waals surface area contributed by atoms with Crippen LogP contribution in [0.1, 0.15) is 103 Å². The highest BCUT2D eigenvalue weighted by Crippen LogP contribution is 2.71. The van der Waals surface area contributed by atoms with Gasteiger partial charge in [0.05, 0.1) is 0 Å². The van der Waals surface area contributed by atoms with E-state index in [1.165, 1.54) is 77.0 Å². The maximum absolute atomic E-state index is 10.1. The summed E-state index contributed by atoms with van der Waals surface area (Å²) in [7, 11) is -1.50. The molecule has 2 N–H and O–H groups in total. The van der Waals surface area contributed by atoms with Crippen molar-refractivity contribution in [1.82, 2.24) is 0 Å². The van der Waals surface area contributed by atoms with Crippen LogP contribution in [-0.2, 0) is 13.6 Å². The molecule has 3 saturated heterocycles. The summed E-state index contributed by atoms with van der Waals surface area (Å²) in [5.74, 6) is -3.56. The minimum absolute atomic E-state index is 0.361. The van der Waals surface area contributed by atoms with Crippen molar-refractivity contribution in [3.63, 3.8) is 0 Å². The summed E-state index contributed by atoms with van der Waals surface area (Å²) >= 11 is 0. The van der Waals surface area contributed by atoms with Crippen molar-refractivity contribution < 1.29 is 23.8 Å². The molecule has 0 aliphatic carbocycles. The minimum Gasteiger partial charge on any atom is -0.359 e. The van der Waals surface area contributed by atoms with Crippen LogP contribution < -0.4 is 0 Å². The van der Waals surface area contributed by atoms with Crippen LogP contribution in [0.15, 0.2) is 0 Å². The maximum atomic E-state index is 10.1. The van der Waals surface area contributed by atoms with Gasteiger partial charge >= 0.3 is 14.6 Å². The number of hydrogen-bond donors (Lipinski definition) is 2. The molecule has 0 spiro atoms. The van der Waals surface area contributed by atoms with Crippen molar-refractivity contribution in [3.05, 3.63) is 0 Å². The maximum Gasteiger partial charge on any atom is 0.351 e. The van der Waals surface area contributed by atoms with Gasteiger partial charge in [0.2, 0.25) is 0 Å². The Bertz CT molecular complexity index is 348. The van der Waals surface area contributed by atoms with Crippen molar-refractivity contribution in [3.8, 4) is 0 Å². The normalized spacial score (nSPS) is 31.4. The van der Waals surface area contributed by atoms with E-state index in [-0.39, 0.29) is 0 Å². The first kappa shape index (κ1) is 20.5. The number of hydrogen-bond acceptors (Lipinski definition) is 5. The number of unbranched alkanes of at least 4 members (excludes halogenated alkanes) is 13. The highest BCUT2D eigenvalue weighted by molar-refractivity contribution is 7.43. The lowest BCUT2D eigenvalue weighted by molar-refractivity contribution is -0.391. The third-order valence-corrected chi connectivity index (χ3v) is 6.23. The van der Waals surface area contributed by atoms with Gasteiger partial charge in [-0.05, 0) is 6.42 Å². The zero-order chi connectivity index (χ0) is 17.3. The van der Waals surface area contributed by atoms with Crippen LogP contribution in [0.25, 0.3) is 0 Å².